The van der Waals surface area contributed by atoms with E-state index in [4.69, 9.17) is 11.6 Å². The second-order valence-electron chi connectivity index (χ2n) is 4.92. The molecule has 0 radical (unpaired) electrons. The first-order valence-electron chi connectivity index (χ1n) is 6.59. The Labute approximate surface area is 127 Å². The lowest BCUT2D eigenvalue weighted by molar-refractivity contribution is -0.130. The third-order valence-corrected chi connectivity index (χ3v) is 4.81. The number of amides is 2. The molecule has 1 saturated heterocycles. The summed E-state index contributed by atoms with van der Waals surface area (Å²) >= 11 is 7.80. The minimum Gasteiger partial charge on any atom is -0.339 e. The van der Waals surface area contributed by atoms with E-state index in [1.807, 2.05) is 22.7 Å². The van der Waals surface area contributed by atoms with Crippen LogP contribution in [-0.2, 0) is 16.0 Å². The number of fused-ring (bicyclic) bond motifs is 1. The number of thioether (sulfide) groups is 1. The van der Waals surface area contributed by atoms with Crippen molar-refractivity contribution in [3.63, 3.8) is 0 Å². The summed E-state index contributed by atoms with van der Waals surface area (Å²) in [6, 6.07) is 5.38. The second kappa shape index (κ2) is 5.66. The van der Waals surface area contributed by atoms with E-state index < -0.39 is 0 Å². The van der Waals surface area contributed by atoms with E-state index in [0.29, 0.717) is 11.4 Å². The number of carbonyl (C=O) groups is 2. The van der Waals surface area contributed by atoms with Crippen molar-refractivity contribution in [1.29, 1.82) is 0 Å². The summed E-state index contributed by atoms with van der Waals surface area (Å²) in [4.78, 5) is 27.8. The van der Waals surface area contributed by atoms with Crippen LogP contribution in [-0.4, -0.2) is 47.9 Å². The molecular weight excluding hydrogens is 296 g/mol. The van der Waals surface area contributed by atoms with E-state index in [1.165, 1.54) is 0 Å². The number of hydrogen-bond acceptors (Lipinski definition) is 3. The van der Waals surface area contributed by atoms with Gasteiger partial charge in [0.1, 0.15) is 6.54 Å². The first-order chi connectivity index (χ1) is 9.65. The molecule has 4 nitrogen and oxygen atoms in total. The summed E-state index contributed by atoms with van der Waals surface area (Å²) in [6.07, 6.45) is 0.332. The summed E-state index contributed by atoms with van der Waals surface area (Å²) in [5.74, 6) is 1.96. The maximum absolute atomic E-state index is 12.3. The molecule has 0 saturated carbocycles. The van der Waals surface area contributed by atoms with Crippen molar-refractivity contribution >= 4 is 40.9 Å². The summed E-state index contributed by atoms with van der Waals surface area (Å²) < 4.78 is 0. The predicted octanol–water partition coefficient (Wildman–Crippen LogP) is 1.80. The predicted molar refractivity (Wildman–Crippen MR) is 81.4 cm³/mol. The SMILES string of the molecule is O=C(CN1C(=O)Cc2cc(Cl)ccc21)N1CCSCC1. The molecule has 6 heteroatoms. The van der Waals surface area contributed by atoms with Crippen LogP contribution in [0.25, 0.3) is 0 Å². The van der Waals surface area contributed by atoms with Gasteiger partial charge < -0.3 is 9.80 Å². The molecule has 2 amide bonds. The smallest absolute Gasteiger partial charge is 0.242 e. The standard InChI is InChI=1S/C14H15ClN2O2S/c15-11-1-2-12-10(7-11)8-13(18)17(12)9-14(19)16-3-5-20-6-4-16/h1-2,7H,3-6,8-9H2. The van der Waals surface area contributed by atoms with E-state index in [0.717, 1.165) is 35.8 Å². The minimum atomic E-state index is -0.0259. The Morgan fingerprint density at radius 2 is 2.05 bits per heavy atom. The molecule has 0 aromatic heterocycles. The maximum atomic E-state index is 12.3. The number of anilines is 1. The van der Waals surface area contributed by atoms with Crippen molar-refractivity contribution in [3.05, 3.63) is 28.8 Å². The molecule has 1 fully saturated rings. The van der Waals surface area contributed by atoms with Gasteiger partial charge in [-0.3, -0.25) is 9.59 Å². The van der Waals surface area contributed by atoms with Crippen molar-refractivity contribution < 1.29 is 9.59 Å². The van der Waals surface area contributed by atoms with Crippen LogP contribution in [0.15, 0.2) is 18.2 Å². The lowest BCUT2D eigenvalue weighted by Crippen LogP contribution is -2.45. The molecule has 0 bridgehead atoms. The molecule has 0 atom stereocenters. The highest BCUT2D eigenvalue weighted by molar-refractivity contribution is 7.99. The van der Waals surface area contributed by atoms with E-state index in [2.05, 4.69) is 0 Å². The fourth-order valence-corrected chi connectivity index (χ4v) is 3.67. The molecule has 2 aliphatic heterocycles. The lowest BCUT2D eigenvalue weighted by Gasteiger charge is -2.28. The average Bonchev–Trinajstić information content (AvgIpc) is 2.75. The maximum Gasteiger partial charge on any atom is 0.242 e. The number of rotatable bonds is 2. The van der Waals surface area contributed by atoms with Crippen molar-refractivity contribution in [2.45, 2.75) is 6.42 Å². The fourth-order valence-electron chi connectivity index (χ4n) is 2.57. The zero-order chi connectivity index (χ0) is 14.1. The third-order valence-electron chi connectivity index (χ3n) is 3.63. The van der Waals surface area contributed by atoms with Crippen molar-refractivity contribution in [3.8, 4) is 0 Å². The highest BCUT2D eigenvalue weighted by atomic mass is 35.5. The van der Waals surface area contributed by atoms with Gasteiger partial charge in [0.05, 0.1) is 6.42 Å². The Morgan fingerprint density at radius 1 is 1.30 bits per heavy atom. The zero-order valence-corrected chi connectivity index (χ0v) is 12.5. The largest absolute Gasteiger partial charge is 0.339 e. The molecule has 2 heterocycles. The van der Waals surface area contributed by atoms with Gasteiger partial charge in [-0.25, -0.2) is 0 Å². The molecule has 106 valence electrons. The van der Waals surface area contributed by atoms with Crippen molar-refractivity contribution in [2.24, 2.45) is 0 Å². The Balaban J connectivity index is 1.74. The van der Waals surface area contributed by atoms with Crippen LogP contribution in [0.1, 0.15) is 5.56 Å². The van der Waals surface area contributed by atoms with Crippen LogP contribution < -0.4 is 4.90 Å². The normalized spacial score (nSPS) is 18.4. The number of hydrogen-bond donors (Lipinski definition) is 0. The highest BCUT2D eigenvalue weighted by Gasteiger charge is 2.30. The molecule has 1 aromatic rings. The quantitative estimate of drug-likeness (QED) is 0.836. The molecule has 0 spiro atoms. The first-order valence-corrected chi connectivity index (χ1v) is 8.13. The lowest BCUT2D eigenvalue weighted by atomic mass is 10.2. The van der Waals surface area contributed by atoms with Crippen LogP contribution >= 0.6 is 23.4 Å². The minimum absolute atomic E-state index is 0.0259. The summed E-state index contributed by atoms with van der Waals surface area (Å²) in [7, 11) is 0. The van der Waals surface area contributed by atoms with E-state index in [9.17, 15) is 9.59 Å². The number of halogens is 1. The van der Waals surface area contributed by atoms with Gasteiger partial charge in [0.15, 0.2) is 0 Å². The molecular formula is C14H15ClN2O2S. The Bertz CT molecular complexity index is 558. The van der Waals surface area contributed by atoms with Gasteiger partial charge in [0, 0.05) is 35.3 Å². The molecule has 1 aromatic carbocycles. The van der Waals surface area contributed by atoms with E-state index in [-0.39, 0.29) is 18.4 Å². The van der Waals surface area contributed by atoms with Gasteiger partial charge in [0.2, 0.25) is 11.8 Å². The van der Waals surface area contributed by atoms with Gasteiger partial charge >= 0.3 is 0 Å². The summed E-state index contributed by atoms with van der Waals surface area (Å²) in [5.41, 5.74) is 1.73. The summed E-state index contributed by atoms with van der Waals surface area (Å²) in [5, 5.41) is 0.623. The van der Waals surface area contributed by atoms with Gasteiger partial charge in [-0.2, -0.15) is 11.8 Å². The van der Waals surface area contributed by atoms with Crippen molar-refractivity contribution in [2.75, 3.05) is 36.0 Å². The number of carbonyl (C=O) groups excluding carboxylic acids is 2. The van der Waals surface area contributed by atoms with Crippen molar-refractivity contribution in [1.82, 2.24) is 4.90 Å². The average molecular weight is 311 g/mol. The van der Waals surface area contributed by atoms with Gasteiger partial charge in [0.25, 0.3) is 0 Å². The fraction of sp³-hybridized carbons (Fsp3) is 0.429. The molecule has 0 N–H and O–H groups in total. The molecule has 3 rings (SSSR count). The van der Waals surface area contributed by atoms with Crippen LogP contribution in [0.4, 0.5) is 5.69 Å². The third kappa shape index (κ3) is 2.65. The number of nitrogens with zero attached hydrogens (tertiary/aromatic N) is 2. The van der Waals surface area contributed by atoms with Gasteiger partial charge in [-0.15, -0.1) is 0 Å². The Kier molecular flexibility index (Phi) is 3.89. The van der Waals surface area contributed by atoms with Crippen LogP contribution in [0.2, 0.25) is 5.02 Å². The Hall–Kier alpha value is -1.20. The van der Waals surface area contributed by atoms with Gasteiger partial charge in [-0.1, -0.05) is 11.6 Å². The monoisotopic (exact) mass is 310 g/mol. The van der Waals surface area contributed by atoms with Crippen LogP contribution in [0, 0.1) is 0 Å². The van der Waals surface area contributed by atoms with E-state index >= 15 is 0 Å². The molecule has 0 aliphatic carbocycles. The molecule has 20 heavy (non-hydrogen) atoms. The van der Waals surface area contributed by atoms with Gasteiger partial charge in [-0.05, 0) is 23.8 Å². The first kappa shape index (κ1) is 13.8. The summed E-state index contributed by atoms with van der Waals surface area (Å²) in [6.45, 7) is 1.69. The van der Waals surface area contributed by atoms with E-state index in [1.54, 1.807) is 17.0 Å². The topological polar surface area (TPSA) is 40.6 Å². The molecule has 2 aliphatic rings. The highest BCUT2D eigenvalue weighted by Crippen LogP contribution is 2.31. The zero-order valence-electron chi connectivity index (χ0n) is 11.0. The Morgan fingerprint density at radius 3 is 2.80 bits per heavy atom. The molecule has 0 unspecified atom stereocenters. The van der Waals surface area contributed by atoms with Crippen LogP contribution in [0.3, 0.4) is 0 Å². The van der Waals surface area contributed by atoms with Crippen LogP contribution in [0.5, 0.6) is 0 Å². The second-order valence-corrected chi connectivity index (χ2v) is 6.58. The number of benzene rings is 1.